The van der Waals surface area contributed by atoms with Gasteiger partial charge < -0.3 is 0 Å². The van der Waals surface area contributed by atoms with Gasteiger partial charge in [0.15, 0.2) is 5.78 Å². The Morgan fingerprint density at radius 2 is 1.68 bits per heavy atom. The van der Waals surface area contributed by atoms with Gasteiger partial charge in [0.2, 0.25) is 0 Å². The largest absolute Gasteiger partial charge is 0.294 e. The zero-order chi connectivity index (χ0) is 14.2. The van der Waals surface area contributed by atoms with Gasteiger partial charge in [-0.05, 0) is 43.2 Å². The molecule has 0 N–H and O–H groups in total. The number of hydrogen-bond acceptors (Lipinski definition) is 1. The molecule has 0 heterocycles. The predicted molar refractivity (Wildman–Crippen MR) is 71.4 cm³/mol. The van der Waals surface area contributed by atoms with E-state index in [0.29, 0.717) is 11.8 Å². The monoisotopic (exact) mass is 286 g/mol. The molecule has 2 atom stereocenters. The van der Waals surface area contributed by atoms with Crippen LogP contribution in [0, 0.1) is 29.4 Å². The van der Waals surface area contributed by atoms with Crippen molar-refractivity contribution in [2.24, 2.45) is 17.8 Å². The first-order valence-electron chi connectivity index (χ1n) is 6.57. The molecule has 0 aliphatic heterocycles. The van der Waals surface area contributed by atoms with Crippen LogP contribution < -0.4 is 0 Å². The highest BCUT2D eigenvalue weighted by Gasteiger charge is 2.31. The molecule has 1 fully saturated rings. The molecule has 0 bridgehead atoms. The standard InChI is InChI=1S/C15H17ClF2O/c1-8-3-9(2)5-10(4-8)15(19)11-6-14(18)12(16)7-13(11)17/h6-10H,3-5H2,1-2H3. The Morgan fingerprint density at radius 1 is 1.11 bits per heavy atom. The highest BCUT2D eigenvalue weighted by atomic mass is 35.5. The number of Topliss-reactive ketones (excluding diaryl/α,β-unsaturated/α-hetero) is 1. The zero-order valence-electron chi connectivity index (χ0n) is 11.1. The molecule has 1 aromatic carbocycles. The fraction of sp³-hybridized carbons (Fsp3) is 0.533. The van der Waals surface area contributed by atoms with Gasteiger partial charge in [-0.25, -0.2) is 8.78 Å². The molecule has 2 unspecified atom stereocenters. The van der Waals surface area contributed by atoms with E-state index in [1.165, 1.54) is 0 Å². The number of carbonyl (C=O) groups excluding carboxylic acids is 1. The highest BCUT2D eigenvalue weighted by molar-refractivity contribution is 6.30. The SMILES string of the molecule is CC1CC(C)CC(C(=O)c2cc(F)c(Cl)cc2F)C1. The predicted octanol–water partition coefficient (Wildman–Crippen LogP) is 4.87. The topological polar surface area (TPSA) is 17.1 Å². The summed E-state index contributed by atoms with van der Waals surface area (Å²) in [6.07, 6.45) is 2.57. The molecule has 1 aliphatic rings. The Labute approximate surface area is 117 Å². The zero-order valence-corrected chi connectivity index (χ0v) is 11.8. The molecule has 2 rings (SSSR count). The van der Waals surface area contributed by atoms with Crippen molar-refractivity contribution in [3.8, 4) is 0 Å². The number of halogens is 3. The third-order valence-electron chi connectivity index (χ3n) is 3.82. The number of ketones is 1. The molecule has 0 amide bonds. The Bertz CT molecular complexity index is 491. The molecular weight excluding hydrogens is 270 g/mol. The summed E-state index contributed by atoms with van der Waals surface area (Å²) in [6.45, 7) is 4.18. The Hall–Kier alpha value is -0.960. The van der Waals surface area contributed by atoms with Crippen LogP contribution in [-0.4, -0.2) is 5.78 Å². The lowest BCUT2D eigenvalue weighted by atomic mass is 9.74. The molecule has 1 nitrogen and oxygen atoms in total. The van der Waals surface area contributed by atoms with Crippen LogP contribution >= 0.6 is 11.6 Å². The van der Waals surface area contributed by atoms with Crippen LogP contribution in [0.3, 0.4) is 0 Å². The van der Waals surface area contributed by atoms with Crippen LogP contribution in [-0.2, 0) is 0 Å². The second kappa shape index (κ2) is 5.58. The maximum atomic E-state index is 13.8. The third-order valence-corrected chi connectivity index (χ3v) is 4.11. The van der Waals surface area contributed by atoms with E-state index in [1.807, 2.05) is 0 Å². The first kappa shape index (κ1) is 14.4. The average Bonchev–Trinajstić information content (AvgIpc) is 2.31. The molecule has 0 spiro atoms. The summed E-state index contributed by atoms with van der Waals surface area (Å²) in [4.78, 5) is 12.3. The van der Waals surface area contributed by atoms with Crippen molar-refractivity contribution in [1.82, 2.24) is 0 Å². The third kappa shape index (κ3) is 3.14. The minimum Gasteiger partial charge on any atom is -0.294 e. The molecule has 19 heavy (non-hydrogen) atoms. The Morgan fingerprint density at radius 3 is 2.26 bits per heavy atom. The van der Waals surface area contributed by atoms with Gasteiger partial charge in [0.05, 0.1) is 10.6 Å². The molecule has 0 aromatic heterocycles. The molecular formula is C15H17ClF2O. The second-order valence-electron chi connectivity index (χ2n) is 5.72. The summed E-state index contributed by atoms with van der Waals surface area (Å²) in [6, 6.07) is 1.80. The summed E-state index contributed by atoms with van der Waals surface area (Å²) in [5, 5.41) is -0.292. The lowest BCUT2D eigenvalue weighted by Crippen LogP contribution is -2.26. The van der Waals surface area contributed by atoms with Crippen molar-refractivity contribution in [2.45, 2.75) is 33.1 Å². The number of benzene rings is 1. The van der Waals surface area contributed by atoms with Gasteiger partial charge in [0.1, 0.15) is 11.6 Å². The molecule has 0 radical (unpaired) electrons. The minimum atomic E-state index is -0.747. The quantitative estimate of drug-likeness (QED) is 0.560. The lowest BCUT2D eigenvalue weighted by Gasteiger charge is -2.30. The van der Waals surface area contributed by atoms with Gasteiger partial charge in [0, 0.05) is 5.92 Å². The van der Waals surface area contributed by atoms with Crippen molar-refractivity contribution in [2.75, 3.05) is 0 Å². The lowest BCUT2D eigenvalue weighted by molar-refractivity contribution is 0.0831. The summed E-state index contributed by atoms with van der Waals surface area (Å²) >= 11 is 5.50. The maximum Gasteiger partial charge on any atom is 0.169 e. The van der Waals surface area contributed by atoms with Gasteiger partial charge in [0.25, 0.3) is 0 Å². The van der Waals surface area contributed by atoms with E-state index in [9.17, 15) is 13.6 Å². The Balaban J connectivity index is 2.26. The van der Waals surface area contributed by atoms with Crippen LogP contribution in [0.25, 0.3) is 0 Å². The maximum absolute atomic E-state index is 13.8. The van der Waals surface area contributed by atoms with Crippen LogP contribution in [0.2, 0.25) is 5.02 Å². The van der Waals surface area contributed by atoms with E-state index >= 15 is 0 Å². The van der Waals surface area contributed by atoms with Crippen molar-refractivity contribution >= 4 is 17.4 Å². The smallest absolute Gasteiger partial charge is 0.169 e. The van der Waals surface area contributed by atoms with Gasteiger partial charge in [-0.2, -0.15) is 0 Å². The second-order valence-corrected chi connectivity index (χ2v) is 6.13. The minimum absolute atomic E-state index is 0.173. The van der Waals surface area contributed by atoms with Crippen molar-refractivity contribution in [3.05, 3.63) is 34.4 Å². The fourth-order valence-corrected chi connectivity index (χ4v) is 3.24. The molecule has 4 heteroatoms. The van der Waals surface area contributed by atoms with E-state index in [0.717, 1.165) is 31.4 Å². The number of carbonyl (C=O) groups is 1. The van der Waals surface area contributed by atoms with Crippen LogP contribution in [0.4, 0.5) is 8.78 Å². The van der Waals surface area contributed by atoms with Gasteiger partial charge in [-0.3, -0.25) is 4.79 Å². The van der Waals surface area contributed by atoms with Gasteiger partial charge >= 0.3 is 0 Å². The van der Waals surface area contributed by atoms with Crippen molar-refractivity contribution in [3.63, 3.8) is 0 Å². The van der Waals surface area contributed by atoms with Crippen LogP contribution in [0.5, 0.6) is 0 Å². The number of hydrogen-bond donors (Lipinski definition) is 0. The van der Waals surface area contributed by atoms with E-state index in [1.54, 1.807) is 0 Å². The van der Waals surface area contributed by atoms with E-state index in [4.69, 9.17) is 11.6 Å². The molecule has 1 aliphatic carbocycles. The summed E-state index contributed by atoms with van der Waals surface area (Å²) in [7, 11) is 0. The number of rotatable bonds is 2. The summed E-state index contributed by atoms with van der Waals surface area (Å²) < 4.78 is 27.1. The van der Waals surface area contributed by atoms with Crippen LogP contribution in [0.1, 0.15) is 43.5 Å². The molecule has 104 valence electrons. The average molecular weight is 287 g/mol. The summed E-state index contributed by atoms with van der Waals surface area (Å²) in [5.74, 6) is -1.11. The van der Waals surface area contributed by atoms with E-state index in [-0.39, 0.29) is 22.3 Å². The van der Waals surface area contributed by atoms with Gasteiger partial charge in [-0.1, -0.05) is 25.4 Å². The van der Waals surface area contributed by atoms with E-state index < -0.39 is 11.6 Å². The normalized spacial score (nSPS) is 27.3. The van der Waals surface area contributed by atoms with Crippen molar-refractivity contribution < 1.29 is 13.6 Å². The van der Waals surface area contributed by atoms with Gasteiger partial charge in [-0.15, -0.1) is 0 Å². The molecule has 1 aromatic rings. The molecule has 0 saturated heterocycles. The first-order valence-corrected chi connectivity index (χ1v) is 6.95. The van der Waals surface area contributed by atoms with E-state index in [2.05, 4.69) is 13.8 Å². The highest BCUT2D eigenvalue weighted by Crippen LogP contribution is 2.35. The van der Waals surface area contributed by atoms with Crippen molar-refractivity contribution in [1.29, 1.82) is 0 Å². The van der Waals surface area contributed by atoms with Crippen LogP contribution in [0.15, 0.2) is 12.1 Å². The fourth-order valence-electron chi connectivity index (χ4n) is 3.09. The first-order chi connectivity index (χ1) is 8.88. The summed E-state index contributed by atoms with van der Waals surface area (Å²) in [5.41, 5.74) is -0.173. The Kier molecular flexibility index (Phi) is 4.24. The molecule has 1 saturated carbocycles.